The molecular formula is C24H23F3N4O3. The Morgan fingerprint density at radius 3 is 2.38 bits per heavy atom. The molecule has 0 aliphatic carbocycles. The van der Waals surface area contributed by atoms with Crippen molar-refractivity contribution in [2.45, 2.75) is 26.4 Å². The second-order valence-electron chi connectivity index (χ2n) is 7.64. The minimum Gasteiger partial charge on any atom is -0.475 e. The van der Waals surface area contributed by atoms with Crippen LogP contribution < -0.4 is 0 Å². The van der Waals surface area contributed by atoms with Crippen LogP contribution in [-0.4, -0.2) is 56.1 Å². The van der Waals surface area contributed by atoms with Crippen molar-refractivity contribution in [2.75, 3.05) is 13.1 Å². The Kier molecular flexibility index (Phi) is 7.50. The van der Waals surface area contributed by atoms with Crippen LogP contribution in [0.3, 0.4) is 0 Å². The average Bonchev–Trinajstić information content (AvgIpc) is 3.17. The van der Waals surface area contributed by atoms with E-state index >= 15 is 0 Å². The molecule has 178 valence electrons. The number of carbonyl (C=O) groups excluding carboxylic acids is 1. The third kappa shape index (κ3) is 6.09. The Balaban J connectivity index is 0.000000406. The zero-order valence-electron chi connectivity index (χ0n) is 18.6. The first-order valence-electron chi connectivity index (χ1n) is 10.4. The van der Waals surface area contributed by atoms with Gasteiger partial charge in [0.15, 0.2) is 5.82 Å². The Morgan fingerprint density at radius 2 is 1.79 bits per heavy atom. The summed E-state index contributed by atoms with van der Waals surface area (Å²) in [5.74, 6) is -1.90. The monoisotopic (exact) mass is 472 g/mol. The number of nitrogens with zero attached hydrogens (tertiary/aromatic N) is 3. The van der Waals surface area contributed by atoms with Gasteiger partial charge in [0.25, 0.3) is 5.91 Å². The fraction of sp³-hybridized carbons (Fsp3) is 0.250. The van der Waals surface area contributed by atoms with E-state index in [-0.39, 0.29) is 5.91 Å². The summed E-state index contributed by atoms with van der Waals surface area (Å²) < 4.78 is 31.7. The van der Waals surface area contributed by atoms with Crippen molar-refractivity contribution < 1.29 is 27.9 Å². The molecule has 0 bridgehead atoms. The quantitative estimate of drug-likeness (QED) is 0.578. The molecule has 0 unspecified atom stereocenters. The molecule has 34 heavy (non-hydrogen) atoms. The summed E-state index contributed by atoms with van der Waals surface area (Å²) in [5.41, 5.74) is 5.81. The highest BCUT2D eigenvalue weighted by Gasteiger charge is 2.38. The van der Waals surface area contributed by atoms with Crippen LogP contribution in [0.25, 0.3) is 17.1 Å². The molecule has 1 amide bonds. The average molecular weight is 472 g/mol. The molecule has 0 fully saturated rings. The molecule has 1 aromatic carbocycles. The minimum atomic E-state index is -5.08. The number of pyridine rings is 1. The SMILES string of the molecule is Cc1nc(-c2cc(C3=CCCN(C(=O)c4ccccc4)C3)ccn2)[nH]c1C.O=C(O)C(F)(F)F. The van der Waals surface area contributed by atoms with Crippen molar-refractivity contribution in [2.24, 2.45) is 0 Å². The van der Waals surface area contributed by atoms with Crippen LogP contribution in [-0.2, 0) is 4.79 Å². The summed E-state index contributed by atoms with van der Waals surface area (Å²) in [4.78, 5) is 35.9. The number of aromatic amines is 1. The highest BCUT2D eigenvalue weighted by atomic mass is 19.4. The largest absolute Gasteiger partial charge is 0.490 e. The van der Waals surface area contributed by atoms with Crippen LogP contribution in [0.5, 0.6) is 0 Å². The molecule has 3 aromatic rings. The first-order valence-corrected chi connectivity index (χ1v) is 10.4. The molecule has 0 spiro atoms. The van der Waals surface area contributed by atoms with Gasteiger partial charge in [0, 0.05) is 30.5 Å². The van der Waals surface area contributed by atoms with Crippen LogP contribution in [0.4, 0.5) is 13.2 Å². The molecule has 4 rings (SSSR count). The van der Waals surface area contributed by atoms with E-state index in [1.807, 2.05) is 61.2 Å². The maximum atomic E-state index is 12.8. The van der Waals surface area contributed by atoms with Gasteiger partial charge in [-0.25, -0.2) is 9.78 Å². The number of hydrogen-bond donors (Lipinski definition) is 2. The summed E-state index contributed by atoms with van der Waals surface area (Å²) in [6.07, 6.45) is -0.215. The molecule has 10 heteroatoms. The van der Waals surface area contributed by atoms with Gasteiger partial charge in [0.1, 0.15) is 5.69 Å². The summed E-state index contributed by atoms with van der Waals surface area (Å²) >= 11 is 0. The molecule has 0 atom stereocenters. The van der Waals surface area contributed by atoms with E-state index in [0.717, 1.165) is 52.6 Å². The van der Waals surface area contributed by atoms with Crippen molar-refractivity contribution in [3.05, 3.63) is 77.3 Å². The maximum Gasteiger partial charge on any atom is 0.490 e. The molecule has 1 aliphatic heterocycles. The lowest BCUT2D eigenvalue weighted by atomic mass is 10.0. The number of carboxylic acid groups (broad SMARTS) is 1. The van der Waals surface area contributed by atoms with Gasteiger partial charge in [-0.3, -0.25) is 9.78 Å². The van der Waals surface area contributed by atoms with Gasteiger partial charge >= 0.3 is 12.1 Å². The van der Waals surface area contributed by atoms with E-state index in [1.165, 1.54) is 0 Å². The Morgan fingerprint density at radius 1 is 1.12 bits per heavy atom. The molecular weight excluding hydrogens is 449 g/mol. The number of nitrogens with one attached hydrogen (secondary N) is 1. The van der Waals surface area contributed by atoms with Gasteiger partial charge in [0.05, 0.1) is 5.69 Å². The van der Waals surface area contributed by atoms with E-state index in [4.69, 9.17) is 9.90 Å². The fourth-order valence-electron chi connectivity index (χ4n) is 3.32. The standard InChI is InChI=1S/C22H22N4O.C2HF3O2/c1-15-16(2)25-21(24-15)20-13-18(10-11-23-20)19-9-6-12-26(14-19)22(27)17-7-4-3-5-8-17;3-2(4,5)1(6)7/h3-5,7-11,13H,6,12,14H2,1-2H3,(H,24,25);(H,6,7). The van der Waals surface area contributed by atoms with Crippen LogP contribution in [0.2, 0.25) is 0 Å². The number of aromatic nitrogens is 3. The molecule has 3 heterocycles. The number of carbonyl (C=O) groups is 2. The van der Waals surface area contributed by atoms with E-state index in [1.54, 1.807) is 6.20 Å². The number of alkyl halides is 3. The molecule has 7 nitrogen and oxygen atoms in total. The lowest BCUT2D eigenvalue weighted by Crippen LogP contribution is -2.35. The van der Waals surface area contributed by atoms with Crippen molar-refractivity contribution in [1.82, 2.24) is 19.9 Å². The predicted octanol–water partition coefficient (Wildman–Crippen LogP) is 4.65. The molecule has 2 aromatic heterocycles. The first kappa shape index (κ1) is 24.7. The first-order chi connectivity index (χ1) is 16.1. The fourth-order valence-corrected chi connectivity index (χ4v) is 3.32. The van der Waals surface area contributed by atoms with Gasteiger partial charge in [-0.05, 0) is 55.7 Å². The summed E-state index contributed by atoms with van der Waals surface area (Å²) in [5, 5.41) is 7.12. The molecule has 0 saturated heterocycles. The predicted molar refractivity (Wildman–Crippen MR) is 120 cm³/mol. The third-order valence-corrected chi connectivity index (χ3v) is 5.20. The Bertz CT molecular complexity index is 1180. The lowest BCUT2D eigenvalue weighted by molar-refractivity contribution is -0.192. The van der Waals surface area contributed by atoms with Crippen LogP contribution >= 0.6 is 0 Å². The summed E-state index contributed by atoms with van der Waals surface area (Å²) in [6.45, 7) is 5.33. The second kappa shape index (κ2) is 10.3. The Labute approximate surface area is 194 Å². The van der Waals surface area contributed by atoms with Gasteiger partial charge in [-0.15, -0.1) is 0 Å². The zero-order chi connectivity index (χ0) is 24.9. The maximum absolute atomic E-state index is 12.8. The number of aliphatic carboxylic acids is 1. The second-order valence-corrected chi connectivity index (χ2v) is 7.64. The number of rotatable bonds is 3. The van der Waals surface area contributed by atoms with E-state index in [2.05, 4.69) is 21.0 Å². The highest BCUT2D eigenvalue weighted by molar-refractivity contribution is 5.95. The summed E-state index contributed by atoms with van der Waals surface area (Å²) in [6, 6.07) is 13.5. The number of H-pyrrole nitrogens is 1. The molecule has 2 N–H and O–H groups in total. The van der Waals surface area contributed by atoms with Crippen LogP contribution in [0.15, 0.2) is 54.7 Å². The number of halogens is 3. The zero-order valence-corrected chi connectivity index (χ0v) is 18.6. The van der Waals surface area contributed by atoms with Crippen molar-refractivity contribution in [1.29, 1.82) is 0 Å². The number of aryl methyl sites for hydroxylation is 2. The van der Waals surface area contributed by atoms with Crippen molar-refractivity contribution >= 4 is 17.4 Å². The minimum absolute atomic E-state index is 0.0766. The van der Waals surface area contributed by atoms with Gasteiger partial charge in [-0.2, -0.15) is 13.2 Å². The number of amides is 1. The van der Waals surface area contributed by atoms with Crippen LogP contribution in [0, 0.1) is 13.8 Å². The molecule has 0 saturated carbocycles. The number of imidazole rings is 1. The van der Waals surface area contributed by atoms with Crippen molar-refractivity contribution in [3.63, 3.8) is 0 Å². The Hall–Kier alpha value is -3.95. The molecule has 0 radical (unpaired) electrons. The normalized spacial score (nSPS) is 13.6. The number of benzene rings is 1. The lowest BCUT2D eigenvalue weighted by Gasteiger charge is -2.28. The van der Waals surface area contributed by atoms with Gasteiger partial charge in [0.2, 0.25) is 0 Å². The highest BCUT2D eigenvalue weighted by Crippen LogP contribution is 2.25. The smallest absolute Gasteiger partial charge is 0.475 e. The van der Waals surface area contributed by atoms with Gasteiger partial charge in [-0.1, -0.05) is 24.3 Å². The van der Waals surface area contributed by atoms with Gasteiger partial charge < -0.3 is 15.0 Å². The number of hydrogen-bond acceptors (Lipinski definition) is 4. The number of carboxylic acids is 1. The molecule has 1 aliphatic rings. The van der Waals surface area contributed by atoms with E-state index in [0.29, 0.717) is 6.54 Å². The third-order valence-electron chi connectivity index (χ3n) is 5.20. The van der Waals surface area contributed by atoms with Crippen molar-refractivity contribution in [3.8, 4) is 11.5 Å². The van der Waals surface area contributed by atoms with Crippen LogP contribution in [0.1, 0.15) is 33.7 Å². The topological polar surface area (TPSA) is 99.2 Å². The van der Waals surface area contributed by atoms with E-state index in [9.17, 15) is 18.0 Å². The summed E-state index contributed by atoms with van der Waals surface area (Å²) in [7, 11) is 0. The van der Waals surface area contributed by atoms with E-state index < -0.39 is 12.1 Å².